The first kappa shape index (κ1) is 24.1. The highest BCUT2D eigenvalue weighted by Gasteiger charge is 2.32. The summed E-state index contributed by atoms with van der Waals surface area (Å²) in [5, 5.41) is 9.20. The fraction of sp³-hybridized carbons (Fsp3) is 0.810. The van der Waals surface area contributed by atoms with Gasteiger partial charge < -0.3 is 25.8 Å². The number of nitrogens with one attached hydrogen (secondary N) is 3. The predicted molar refractivity (Wildman–Crippen MR) is 114 cm³/mol. The van der Waals surface area contributed by atoms with Crippen LogP contribution in [0.3, 0.4) is 0 Å². The van der Waals surface area contributed by atoms with Gasteiger partial charge in [-0.05, 0) is 58.0 Å². The lowest BCUT2D eigenvalue weighted by Crippen LogP contribution is -2.45. The van der Waals surface area contributed by atoms with Crippen LogP contribution in [0.4, 0.5) is 0 Å². The maximum Gasteiger partial charge on any atom is 0.242 e. The molecule has 0 aromatic carbocycles. The van der Waals surface area contributed by atoms with Crippen LogP contribution in [0.15, 0.2) is 0 Å². The van der Waals surface area contributed by atoms with E-state index in [1.54, 1.807) is 9.80 Å². The molecule has 2 aliphatic heterocycles. The number of unbranched alkanes of at least 4 members (excludes halogenated alkanes) is 1. The molecule has 9 heteroatoms. The van der Waals surface area contributed by atoms with E-state index >= 15 is 0 Å². The minimum atomic E-state index is -0.308. The van der Waals surface area contributed by atoms with Gasteiger partial charge in [0.05, 0.1) is 0 Å². The molecule has 2 rings (SSSR count). The Bertz CT molecular complexity index is 560. The number of likely N-dealkylation sites (tertiary alicyclic amines) is 2. The Balaban J connectivity index is 1.44. The van der Waals surface area contributed by atoms with E-state index in [0.717, 1.165) is 58.0 Å². The van der Waals surface area contributed by atoms with Crippen LogP contribution in [0.5, 0.6) is 0 Å². The first-order chi connectivity index (χ1) is 14.4. The van der Waals surface area contributed by atoms with Crippen molar-refractivity contribution in [3.63, 3.8) is 0 Å². The lowest BCUT2D eigenvalue weighted by molar-refractivity contribution is -0.136. The summed E-state index contributed by atoms with van der Waals surface area (Å²) in [7, 11) is 0. The number of carbonyl (C=O) groups excluding carboxylic acids is 4. The van der Waals surface area contributed by atoms with E-state index in [-0.39, 0.29) is 35.7 Å². The van der Waals surface area contributed by atoms with Gasteiger partial charge in [-0.1, -0.05) is 0 Å². The van der Waals surface area contributed by atoms with Crippen molar-refractivity contribution in [2.24, 2.45) is 0 Å². The zero-order valence-electron chi connectivity index (χ0n) is 18.4. The highest BCUT2D eigenvalue weighted by Crippen LogP contribution is 2.18. The summed E-state index contributed by atoms with van der Waals surface area (Å²) in [6.45, 7) is 7.25. The summed E-state index contributed by atoms with van der Waals surface area (Å²) in [4.78, 5) is 50.7. The second-order valence-electron chi connectivity index (χ2n) is 8.13. The fourth-order valence-electron chi connectivity index (χ4n) is 4.20. The molecular formula is C21H37N5O4. The molecule has 0 bridgehead atoms. The number of hydrogen-bond donors (Lipinski definition) is 3. The van der Waals surface area contributed by atoms with E-state index in [1.807, 2.05) is 0 Å². The maximum atomic E-state index is 12.2. The van der Waals surface area contributed by atoms with Crippen LogP contribution in [-0.2, 0) is 19.2 Å². The maximum absolute atomic E-state index is 12.2. The Morgan fingerprint density at radius 1 is 0.700 bits per heavy atom. The Kier molecular flexibility index (Phi) is 10.1. The minimum Gasteiger partial charge on any atom is -0.354 e. The van der Waals surface area contributed by atoms with Crippen molar-refractivity contribution < 1.29 is 19.2 Å². The van der Waals surface area contributed by atoms with Gasteiger partial charge in [0.15, 0.2) is 0 Å². The molecule has 3 N–H and O–H groups in total. The standard InChI is InChI=1S/C21H37N5O4/c1-16(27)25-14-5-8-18(25)20(29)23-12-4-3-10-22-11-7-13-24-21(30)19-9-6-15-26(19)17(2)28/h18-19,22H,3-15H2,1-2H3,(H,23,29)(H,24,30). The molecule has 0 aliphatic carbocycles. The molecular weight excluding hydrogens is 386 g/mol. The van der Waals surface area contributed by atoms with Gasteiger partial charge in [-0.2, -0.15) is 0 Å². The predicted octanol–water partition coefficient (Wildman–Crippen LogP) is 0.000500. The number of rotatable bonds is 11. The lowest BCUT2D eigenvalue weighted by Gasteiger charge is -2.22. The van der Waals surface area contributed by atoms with E-state index in [0.29, 0.717) is 26.2 Å². The monoisotopic (exact) mass is 423 g/mol. The zero-order chi connectivity index (χ0) is 21.9. The van der Waals surface area contributed by atoms with E-state index in [4.69, 9.17) is 0 Å². The third-order valence-electron chi connectivity index (χ3n) is 5.83. The summed E-state index contributed by atoms with van der Waals surface area (Å²) < 4.78 is 0. The van der Waals surface area contributed by atoms with Crippen molar-refractivity contribution >= 4 is 23.6 Å². The number of amides is 4. The molecule has 2 fully saturated rings. The van der Waals surface area contributed by atoms with Gasteiger partial charge >= 0.3 is 0 Å². The SMILES string of the molecule is CC(=O)N1CCCC1C(=O)NCCCCNCCCNC(=O)C1CCCN1C(C)=O. The molecule has 2 saturated heterocycles. The third-order valence-corrected chi connectivity index (χ3v) is 5.83. The van der Waals surface area contributed by atoms with Crippen molar-refractivity contribution in [2.75, 3.05) is 39.3 Å². The Labute approximate surface area is 179 Å². The number of nitrogens with zero attached hydrogens (tertiary/aromatic N) is 2. The first-order valence-corrected chi connectivity index (χ1v) is 11.2. The first-order valence-electron chi connectivity index (χ1n) is 11.2. The van der Waals surface area contributed by atoms with E-state index in [2.05, 4.69) is 16.0 Å². The molecule has 0 radical (unpaired) electrons. The summed E-state index contributed by atoms with van der Waals surface area (Å²) in [5.74, 6) is -0.168. The van der Waals surface area contributed by atoms with Crippen LogP contribution in [0.1, 0.15) is 58.8 Å². The Morgan fingerprint density at radius 2 is 1.13 bits per heavy atom. The van der Waals surface area contributed by atoms with Crippen molar-refractivity contribution in [3.8, 4) is 0 Å². The average Bonchev–Trinajstić information content (AvgIpc) is 3.38. The van der Waals surface area contributed by atoms with Gasteiger partial charge in [0.2, 0.25) is 23.6 Å². The van der Waals surface area contributed by atoms with Crippen LogP contribution >= 0.6 is 0 Å². The smallest absolute Gasteiger partial charge is 0.242 e. The second kappa shape index (κ2) is 12.5. The highest BCUT2D eigenvalue weighted by atomic mass is 16.2. The molecule has 0 aromatic rings. The van der Waals surface area contributed by atoms with Crippen LogP contribution in [0, 0.1) is 0 Å². The van der Waals surface area contributed by atoms with Crippen molar-refractivity contribution in [1.29, 1.82) is 0 Å². The molecule has 2 aliphatic rings. The summed E-state index contributed by atoms with van der Waals surface area (Å²) in [5.41, 5.74) is 0. The molecule has 0 spiro atoms. The zero-order valence-corrected chi connectivity index (χ0v) is 18.4. The van der Waals surface area contributed by atoms with Crippen LogP contribution in [0.25, 0.3) is 0 Å². The van der Waals surface area contributed by atoms with Gasteiger partial charge in [-0.25, -0.2) is 0 Å². The van der Waals surface area contributed by atoms with Crippen molar-refractivity contribution in [1.82, 2.24) is 25.8 Å². The van der Waals surface area contributed by atoms with Crippen molar-refractivity contribution in [3.05, 3.63) is 0 Å². The Morgan fingerprint density at radius 3 is 1.63 bits per heavy atom. The molecule has 0 saturated carbocycles. The van der Waals surface area contributed by atoms with E-state index in [1.165, 1.54) is 13.8 Å². The Hall–Kier alpha value is -2.16. The fourth-order valence-corrected chi connectivity index (χ4v) is 4.20. The van der Waals surface area contributed by atoms with Gasteiger partial charge in [-0.15, -0.1) is 0 Å². The molecule has 2 heterocycles. The number of carbonyl (C=O) groups is 4. The molecule has 0 aromatic heterocycles. The highest BCUT2D eigenvalue weighted by molar-refractivity contribution is 5.88. The molecule has 4 amide bonds. The summed E-state index contributed by atoms with van der Waals surface area (Å²) in [6.07, 6.45) is 5.92. The number of hydrogen-bond acceptors (Lipinski definition) is 5. The van der Waals surface area contributed by atoms with Crippen molar-refractivity contribution in [2.45, 2.75) is 70.9 Å². The van der Waals surface area contributed by atoms with E-state index in [9.17, 15) is 19.2 Å². The van der Waals surface area contributed by atoms with Crippen LogP contribution < -0.4 is 16.0 Å². The lowest BCUT2D eigenvalue weighted by atomic mass is 10.2. The topological polar surface area (TPSA) is 111 Å². The molecule has 9 nitrogen and oxygen atoms in total. The minimum absolute atomic E-state index is 0.0348. The molecule has 30 heavy (non-hydrogen) atoms. The largest absolute Gasteiger partial charge is 0.354 e. The molecule has 2 atom stereocenters. The normalized spacial score (nSPS) is 21.0. The quantitative estimate of drug-likeness (QED) is 0.405. The third kappa shape index (κ3) is 7.27. The van der Waals surface area contributed by atoms with Crippen LogP contribution in [-0.4, -0.2) is 84.8 Å². The van der Waals surface area contributed by atoms with Gasteiger partial charge in [-0.3, -0.25) is 19.2 Å². The van der Waals surface area contributed by atoms with Gasteiger partial charge in [0.25, 0.3) is 0 Å². The summed E-state index contributed by atoms with van der Waals surface area (Å²) >= 11 is 0. The molecule has 170 valence electrons. The van der Waals surface area contributed by atoms with Gasteiger partial charge in [0, 0.05) is 40.0 Å². The molecule has 2 unspecified atom stereocenters. The second-order valence-corrected chi connectivity index (χ2v) is 8.13. The summed E-state index contributed by atoms with van der Waals surface area (Å²) in [6, 6.07) is -0.611. The van der Waals surface area contributed by atoms with Crippen LogP contribution in [0.2, 0.25) is 0 Å². The van der Waals surface area contributed by atoms with Gasteiger partial charge in [0.1, 0.15) is 12.1 Å². The van der Waals surface area contributed by atoms with E-state index < -0.39 is 0 Å². The average molecular weight is 424 g/mol.